The van der Waals surface area contributed by atoms with Crippen molar-refractivity contribution in [2.24, 2.45) is 0 Å². The van der Waals surface area contributed by atoms with Crippen LogP contribution in [0.25, 0.3) is 6.08 Å². The number of ketones is 1. The minimum Gasteiger partial charge on any atom is -0.293 e. The summed E-state index contributed by atoms with van der Waals surface area (Å²) >= 11 is 1.31. The number of thioether (sulfide) groups is 1. The second-order valence-electron chi connectivity index (χ2n) is 3.91. The summed E-state index contributed by atoms with van der Waals surface area (Å²) in [6, 6.07) is 8.99. The summed E-state index contributed by atoms with van der Waals surface area (Å²) in [5, 5.41) is 8.58. The summed E-state index contributed by atoms with van der Waals surface area (Å²) in [4.78, 5) is 22.2. The van der Waals surface area contributed by atoms with Gasteiger partial charge in [-0.1, -0.05) is 48.2 Å². The molecule has 1 aromatic carbocycles. The molecule has 0 aliphatic heterocycles. The molecule has 0 heterocycles. The van der Waals surface area contributed by atoms with E-state index in [1.165, 1.54) is 11.8 Å². The van der Waals surface area contributed by atoms with Gasteiger partial charge in [0.05, 0.1) is 12.5 Å². The third-order valence-electron chi connectivity index (χ3n) is 2.37. The van der Waals surface area contributed by atoms with E-state index in [9.17, 15) is 9.59 Å². The number of allylic oxidation sites excluding steroid dienone is 1. The Morgan fingerprint density at radius 2 is 2.00 bits per heavy atom. The molecule has 0 N–H and O–H groups in total. The predicted octanol–water partition coefficient (Wildman–Crippen LogP) is 3.47. The van der Waals surface area contributed by atoms with Gasteiger partial charge in [0.2, 0.25) is 0 Å². The number of carbonyl (C=O) groups is 2. The van der Waals surface area contributed by atoms with Gasteiger partial charge in [0.15, 0.2) is 10.9 Å². The van der Waals surface area contributed by atoms with Gasteiger partial charge in [-0.05, 0) is 12.0 Å². The van der Waals surface area contributed by atoms with Gasteiger partial charge in [0.1, 0.15) is 0 Å². The predicted molar refractivity (Wildman–Crippen MR) is 77.8 cm³/mol. The number of nitrogens with zero attached hydrogens (tertiary/aromatic N) is 1. The highest BCUT2D eigenvalue weighted by Crippen LogP contribution is 2.10. The molecule has 4 heteroatoms. The molecule has 0 radical (unpaired) electrons. The van der Waals surface area contributed by atoms with Crippen LogP contribution in [0.15, 0.2) is 30.3 Å². The Balaban J connectivity index is 2.48. The monoisotopic (exact) mass is 273 g/mol. The van der Waals surface area contributed by atoms with Gasteiger partial charge in [0.25, 0.3) is 0 Å². The molecule has 0 aromatic heterocycles. The zero-order chi connectivity index (χ0) is 14.1. The van der Waals surface area contributed by atoms with Crippen LogP contribution in [0.1, 0.15) is 35.7 Å². The van der Waals surface area contributed by atoms with Crippen molar-refractivity contribution in [2.45, 2.75) is 19.8 Å². The molecular formula is C15H15NO2S. The fourth-order valence-electron chi connectivity index (χ4n) is 1.44. The van der Waals surface area contributed by atoms with Crippen LogP contribution in [0, 0.1) is 11.3 Å². The number of hydrogen-bond acceptors (Lipinski definition) is 4. The number of benzene rings is 1. The van der Waals surface area contributed by atoms with Gasteiger partial charge in [-0.3, -0.25) is 9.59 Å². The lowest BCUT2D eigenvalue weighted by Gasteiger charge is -1.98. The summed E-state index contributed by atoms with van der Waals surface area (Å²) in [5.74, 6) is 0.626. The van der Waals surface area contributed by atoms with Crippen LogP contribution in [-0.4, -0.2) is 16.7 Å². The molecule has 1 rings (SSSR count). The van der Waals surface area contributed by atoms with Gasteiger partial charge in [0, 0.05) is 18.2 Å². The largest absolute Gasteiger partial charge is 0.293 e. The fourth-order valence-corrected chi connectivity index (χ4v) is 1.99. The van der Waals surface area contributed by atoms with E-state index in [-0.39, 0.29) is 17.3 Å². The number of hydrogen-bond donors (Lipinski definition) is 0. The molecule has 0 amide bonds. The summed E-state index contributed by atoms with van der Waals surface area (Å²) < 4.78 is 0. The van der Waals surface area contributed by atoms with Crippen molar-refractivity contribution in [1.29, 1.82) is 5.26 Å². The molecule has 0 saturated carbocycles. The normalized spacial score (nSPS) is 10.3. The molecule has 0 spiro atoms. The van der Waals surface area contributed by atoms with Gasteiger partial charge in [-0.15, -0.1) is 0 Å². The van der Waals surface area contributed by atoms with Crippen molar-refractivity contribution in [3.63, 3.8) is 0 Å². The van der Waals surface area contributed by atoms with Crippen LogP contribution in [0.4, 0.5) is 0 Å². The molecular weight excluding hydrogens is 258 g/mol. The molecule has 0 saturated heterocycles. The van der Waals surface area contributed by atoms with Crippen LogP contribution in [-0.2, 0) is 4.79 Å². The highest BCUT2D eigenvalue weighted by molar-refractivity contribution is 8.13. The molecule has 0 fully saturated rings. The van der Waals surface area contributed by atoms with E-state index in [0.29, 0.717) is 5.56 Å². The third-order valence-corrected chi connectivity index (χ3v) is 3.22. The molecule has 0 bridgehead atoms. The summed E-state index contributed by atoms with van der Waals surface area (Å²) in [6.45, 7) is 1.56. The standard InChI is InChI=1S/C15H15NO2S/c1-12(17)19-11-3-2-4-13-5-7-14(8-6-13)15(18)9-10-16/h2,4-8H,3,9,11H2,1H3. The smallest absolute Gasteiger partial charge is 0.185 e. The second kappa shape index (κ2) is 8.28. The molecule has 0 aliphatic carbocycles. The van der Waals surface area contributed by atoms with Crippen LogP contribution >= 0.6 is 11.8 Å². The number of Topliss-reactive ketones (excluding diaryl/α,β-unsaturated/α-hetero) is 1. The Hall–Kier alpha value is -1.86. The van der Waals surface area contributed by atoms with Crippen molar-refractivity contribution in [3.05, 3.63) is 41.5 Å². The van der Waals surface area contributed by atoms with Crippen LogP contribution in [0.3, 0.4) is 0 Å². The van der Waals surface area contributed by atoms with E-state index < -0.39 is 0 Å². The minimum absolute atomic E-state index is 0.0859. The van der Waals surface area contributed by atoms with Crippen molar-refractivity contribution < 1.29 is 9.59 Å². The molecule has 0 atom stereocenters. The molecule has 0 aliphatic rings. The van der Waals surface area contributed by atoms with Crippen molar-refractivity contribution in [3.8, 4) is 6.07 Å². The van der Waals surface area contributed by atoms with Crippen LogP contribution < -0.4 is 0 Å². The van der Waals surface area contributed by atoms with E-state index in [2.05, 4.69) is 0 Å². The van der Waals surface area contributed by atoms with E-state index in [1.807, 2.05) is 30.4 Å². The van der Waals surface area contributed by atoms with E-state index in [4.69, 9.17) is 5.26 Å². The fraction of sp³-hybridized carbons (Fsp3) is 0.267. The van der Waals surface area contributed by atoms with Gasteiger partial charge in [-0.25, -0.2) is 0 Å². The van der Waals surface area contributed by atoms with Crippen molar-refractivity contribution >= 4 is 28.7 Å². The molecule has 0 unspecified atom stereocenters. The SMILES string of the molecule is CC(=O)SCCC=Cc1ccc(C(=O)CC#N)cc1. The van der Waals surface area contributed by atoms with E-state index >= 15 is 0 Å². The van der Waals surface area contributed by atoms with E-state index in [1.54, 1.807) is 19.1 Å². The first kappa shape index (κ1) is 15.2. The second-order valence-corrected chi connectivity index (χ2v) is 5.18. The first-order chi connectivity index (χ1) is 9.13. The van der Waals surface area contributed by atoms with E-state index in [0.717, 1.165) is 17.7 Å². The van der Waals surface area contributed by atoms with Crippen LogP contribution in [0.2, 0.25) is 0 Å². The number of nitriles is 1. The Bertz CT molecular complexity index is 512. The topological polar surface area (TPSA) is 57.9 Å². The quantitative estimate of drug-likeness (QED) is 0.588. The molecule has 3 nitrogen and oxygen atoms in total. The zero-order valence-electron chi connectivity index (χ0n) is 10.8. The molecule has 98 valence electrons. The Morgan fingerprint density at radius 3 is 2.58 bits per heavy atom. The highest BCUT2D eigenvalue weighted by atomic mass is 32.2. The molecule has 19 heavy (non-hydrogen) atoms. The van der Waals surface area contributed by atoms with Gasteiger partial charge in [-0.2, -0.15) is 5.26 Å². The minimum atomic E-state index is -0.157. The maximum atomic E-state index is 11.4. The Kier molecular flexibility index (Phi) is 6.62. The maximum absolute atomic E-state index is 11.4. The Morgan fingerprint density at radius 1 is 1.32 bits per heavy atom. The Labute approximate surface area is 117 Å². The van der Waals surface area contributed by atoms with Gasteiger partial charge >= 0.3 is 0 Å². The molecule has 1 aromatic rings. The summed E-state index contributed by atoms with van der Waals surface area (Å²) in [5.41, 5.74) is 1.56. The summed E-state index contributed by atoms with van der Waals surface area (Å²) in [6.07, 6.45) is 4.71. The number of carbonyl (C=O) groups excluding carboxylic acids is 2. The highest BCUT2D eigenvalue weighted by Gasteiger charge is 2.03. The number of rotatable bonds is 6. The third kappa shape index (κ3) is 6.03. The zero-order valence-corrected chi connectivity index (χ0v) is 11.6. The van der Waals surface area contributed by atoms with Gasteiger partial charge < -0.3 is 0 Å². The van der Waals surface area contributed by atoms with Crippen LogP contribution in [0.5, 0.6) is 0 Å². The maximum Gasteiger partial charge on any atom is 0.185 e. The van der Waals surface area contributed by atoms with Crippen molar-refractivity contribution in [1.82, 2.24) is 0 Å². The first-order valence-corrected chi connectivity index (χ1v) is 6.92. The summed E-state index contributed by atoms with van der Waals surface area (Å²) in [7, 11) is 0. The average molecular weight is 273 g/mol. The lowest BCUT2D eigenvalue weighted by Crippen LogP contribution is -1.96. The van der Waals surface area contributed by atoms with Crippen molar-refractivity contribution in [2.75, 3.05) is 5.75 Å². The lowest BCUT2D eigenvalue weighted by molar-refractivity contribution is -0.109. The first-order valence-electron chi connectivity index (χ1n) is 5.93. The lowest BCUT2D eigenvalue weighted by atomic mass is 10.1. The average Bonchev–Trinajstić information content (AvgIpc) is 2.39.